The molecule has 0 aliphatic carbocycles. The Morgan fingerprint density at radius 1 is 0.692 bits per heavy atom. The van der Waals surface area contributed by atoms with Crippen molar-refractivity contribution in [2.24, 2.45) is 0 Å². The molecule has 1 rings (SSSR count). The number of benzene rings is 1. The van der Waals surface area contributed by atoms with E-state index in [-0.39, 0.29) is 6.07 Å². The Kier molecular flexibility index (Phi) is 6.29. The van der Waals surface area contributed by atoms with E-state index < -0.39 is 83.0 Å². The maximum absolute atomic E-state index is 13.2. The molecule has 1 nitrogen and oxygen atoms in total. The number of halogens is 12. The molecule has 0 N–H and O–H groups in total. The molecule has 0 aliphatic heterocycles. The molecule has 0 aromatic heterocycles. The van der Waals surface area contributed by atoms with Crippen LogP contribution in [-0.4, -0.2) is 50.9 Å². The van der Waals surface area contributed by atoms with Crippen molar-refractivity contribution in [2.45, 2.75) is 30.3 Å². The zero-order valence-electron chi connectivity index (χ0n) is 12.0. The van der Waals surface area contributed by atoms with Crippen LogP contribution in [-0.2, 0) is 16.5 Å². The van der Waals surface area contributed by atoms with Gasteiger partial charge < -0.3 is 0 Å². The van der Waals surface area contributed by atoms with Gasteiger partial charge in [0.15, 0.2) is 0 Å². The standard InChI is InChI=1S/C12H5F12O.Tl/c13-8(14,15)5-25-9(11(19,20)21,12(22,23)24)6-2-1-3-7(4-6)10(16,17)18;/h2-4H,5H2;. The molecule has 146 valence electrons. The van der Waals surface area contributed by atoms with Gasteiger partial charge in [0.1, 0.15) is 0 Å². The number of ether oxygens (including phenoxy) is 1. The number of alkyl halides is 12. The minimum absolute atomic E-state index is 0.108. The molecule has 0 fully saturated rings. The van der Waals surface area contributed by atoms with E-state index in [1.54, 1.807) is 0 Å². The van der Waals surface area contributed by atoms with Gasteiger partial charge in [-0.1, -0.05) is 0 Å². The zero-order chi connectivity index (χ0) is 20.8. The molecule has 0 bridgehead atoms. The van der Waals surface area contributed by atoms with Crippen molar-refractivity contribution >= 4 is 28.9 Å². The molecule has 0 heterocycles. The Bertz CT molecular complexity index is 626. The first-order valence-electron chi connectivity index (χ1n) is 6.13. The van der Waals surface area contributed by atoms with Crippen LogP contribution < -0.4 is 3.12 Å². The summed E-state index contributed by atoms with van der Waals surface area (Å²) in [5, 5.41) is 0. The normalized spacial score (nSPS) is 14.6. The Hall–Kier alpha value is -0.738. The van der Waals surface area contributed by atoms with E-state index in [2.05, 4.69) is 4.74 Å². The summed E-state index contributed by atoms with van der Waals surface area (Å²) in [6.45, 7) is -2.97. The molecule has 0 atom stereocenters. The fraction of sp³-hybridized carbons (Fsp3) is 0.500. The van der Waals surface area contributed by atoms with Crippen molar-refractivity contribution in [1.82, 2.24) is 0 Å². The molecule has 1 aromatic carbocycles. The summed E-state index contributed by atoms with van der Waals surface area (Å²) in [5.41, 5.74) is -9.55. The molecule has 0 amide bonds. The van der Waals surface area contributed by atoms with Crippen LogP contribution in [0.25, 0.3) is 0 Å². The Morgan fingerprint density at radius 2 is 1.12 bits per heavy atom. The molecule has 0 spiro atoms. The number of hydrogen-bond donors (Lipinski definition) is 0. The average Bonchev–Trinajstić information content (AvgIpc) is 2.32. The second kappa shape index (κ2) is 7.01. The first kappa shape index (κ1) is 23.3. The van der Waals surface area contributed by atoms with Gasteiger partial charge in [0.2, 0.25) is 0 Å². The third-order valence-electron chi connectivity index (χ3n) is 2.94. The van der Waals surface area contributed by atoms with Crippen LogP contribution in [0.4, 0.5) is 52.7 Å². The fourth-order valence-corrected chi connectivity index (χ4v) is 3.34. The third kappa shape index (κ3) is 4.95. The van der Waals surface area contributed by atoms with Crippen LogP contribution in [0.2, 0.25) is 0 Å². The van der Waals surface area contributed by atoms with Gasteiger partial charge in [-0.25, -0.2) is 0 Å². The summed E-state index contributed by atoms with van der Waals surface area (Å²) in [7, 11) is 0. The fourth-order valence-electron chi connectivity index (χ4n) is 1.94. The minimum atomic E-state index is -6.52. The summed E-state index contributed by atoms with van der Waals surface area (Å²) >= 11 is -0.636. The predicted molar refractivity (Wildman–Crippen MR) is 62.6 cm³/mol. The first-order chi connectivity index (χ1) is 11.3. The molecule has 0 unspecified atom stereocenters. The maximum atomic E-state index is 13.2. The van der Waals surface area contributed by atoms with E-state index in [1.165, 1.54) is 0 Å². The van der Waals surface area contributed by atoms with Gasteiger partial charge in [-0.2, -0.15) is 0 Å². The summed E-state index contributed by atoms with van der Waals surface area (Å²) in [5.74, 6) is 0. The second-order valence-corrected chi connectivity index (χ2v) is 7.51. The SMILES string of the molecule is FC(F)(F)COC(c1c[c]([Tl])cc(C(F)(F)F)c1)(C(F)(F)F)C(F)(F)F. The predicted octanol–water partition coefficient (Wildman–Crippen LogP) is 4.40. The van der Waals surface area contributed by atoms with Crippen LogP contribution >= 0.6 is 0 Å². The van der Waals surface area contributed by atoms with Gasteiger partial charge >= 0.3 is 153 Å². The third-order valence-corrected chi connectivity index (χ3v) is 4.24. The Labute approximate surface area is 153 Å². The van der Waals surface area contributed by atoms with Crippen LogP contribution in [0.15, 0.2) is 18.2 Å². The number of rotatable bonds is 3. The molecular weight excluding hydrogens is 592 g/mol. The van der Waals surface area contributed by atoms with Gasteiger partial charge in [0.25, 0.3) is 0 Å². The van der Waals surface area contributed by atoms with Gasteiger partial charge in [0, 0.05) is 0 Å². The Morgan fingerprint density at radius 3 is 1.46 bits per heavy atom. The Balaban J connectivity index is 3.78. The van der Waals surface area contributed by atoms with Crippen molar-refractivity contribution in [3.05, 3.63) is 29.3 Å². The quantitative estimate of drug-likeness (QED) is 0.371. The van der Waals surface area contributed by atoms with E-state index in [0.717, 1.165) is 0 Å². The summed E-state index contributed by atoms with van der Waals surface area (Å²) in [6.07, 6.45) is -23.9. The summed E-state index contributed by atoms with van der Waals surface area (Å²) in [6, 6.07) is -0.0874. The average molecular weight is 598 g/mol. The first-order valence-corrected chi connectivity index (χ1v) is 8.38. The molecule has 0 saturated heterocycles. The van der Waals surface area contributed by atoms with E-state index in [1.807, 2.05) is 0 Å². The van der Waals surface area contributed by atoms with Crippen LogP contribution in [0.3, 0.4) is 0 Å². The second-order valence-electron chi connectivity index (χ2n) is 4.92. The monoisotopic (exact) mass is 598 g/mol. The van der Waals surface area contributed by atoms with Gasteiger partial charge in [-0.3, -0.25) is 0 Å². The molecule has 1 aromatic rings. The van der Waals surface area contributed by atoms with Crippen molar-refractivity contribution in [3.8, 4) is 0 Å². The molecular formula is C12H5F12OTl. The van der Waals surface area contributed by atoms with E-state index in [4.69, 9.17) is 0 Å². The molecule has 14 heteroatoms. The molecule has 0 radical (unpaired) electrons. The zero-order valence-corrected chi connectivity index (χ0v) is 16.4. The molecule has 26 heavy (non-hydrogen) atoms. The van der Waals surface area contributed by atoms with Gasteiger partial charge in [-0.15, -0.1) is 0 Å². The van der Waals surface area contributed by atoms with Crippen LogP contribution in [0.1, 0.15) is 11.1 Å². The number of hydrogen-bond acceptors (Lipinski definition) is 1. The van der Waals surface area contributed by atoms with Crippen molar-refractivity contribution in [2.75, 3.05) is 6.61 Å². The topological polar surface area (TPSA) is 9.23 Å². The van der Waals surface area contributed by atoms with Crippen LogP contribution in [0, 0.1) is 0 Å². The van der Waals surface area contributed by atoms with Crippen molar-refractivity contribution in [3.63, 3.8) is 0 Å². The van der Waals surface area contributed by atoms with Gasteiger partial charge in [0.05, 0.1) is 0 Å². The van der Waals surface area contributed by atoms with Crippen LogP contribution in [0.5, 0.6) is 0 Å². The van der Waals surface area contributed by atoms with E-state index >= 15 is 0 Å². The van der Waals surface area contributed by atoms with E-state index in [0.29, 0.717) is 6.07 Å². The van der Waals surface area contributed by atoms with Crippen molar-refractivity contribution < 1.29 is 57.4 Å². The van der Waals surface area contributed by atoms with Crippen molar-refractivity contribution in [1.29, 1.82) is 0 Å². The van der Waals surface area contributed by atoms with E-state index in [9.17, 15) is 52.7 Å². The van der Waals surface area contributed by atoms with Gasteiger partial charge in [-0.05, 0) is 0 Å². The molecule has 0 saturated carbocycles. The summed E-state index contributed by atoms with van der Waals surface area (Å²) < 4.78 is 157. The molecule has 0 aliphatic rings. The summed E-state index contributed by atoms with van der Waals surface area (Å²) in [4.78, 5) is 0.